The van der Waals surface area contributed by atoms with E-state index in [-0.39, 0.29) is 65.1 Å². The van der Waals surface area contributed by atoms with Crippen LogP contribution in [0.1, 0.15) is 27.7 Å². The monoisotopic (exact) mass is 1230 g/mol. The van der Waals surface area contributed by atoms with Crippen LogP contribution in [0.3, 0.4) is 0 Å². The van der Waals surface area contributed by atoms with Crippen molar-refractivity contribution in [2.45, 2.75) is 37.5 Å². The summed E-state index contributed by atoms with van der Waals surface area (Å²) in [6, 6.07) is 35.1. The van der Waals surface area contributed by atoms with Crippen molar-refractivity contribution < 1.29 is 66.1 Å². The summed E-state index contributed by atoms with van der Waals surface area (Å²) in [5.41, 5.74) is 5.75. The molecule has 26 nitrogen and oxygen atoms in total. The molecular weight excluding hydrogens is 1180 g/mol. The van der Waals surface area contributed by atoms with Gasteiger partial charge in [0.05, 0.1) is 62.8 Å². The predicted molar refractivity (Wildman–Crippen MR) is 303 cm³/mol. The van der Waals surface area contributed by atoms with Crippen LogP contribution in [0.2, 0.25) is 0 Å². The molecule has 1 radical (unpaired) electrons. The van der Waals surface area contributed by atoms with Gasteiger partial charge in [0.15, 0.2) is 0 Å². The molecule has 0 saturated carbocycles. The molecule has 5 aromatic carbocycles. The van der Waals surface area contributed by atoms with Crippen LogP contribution in [0, 0.1) is 0 Å². The van der Waals surface area contributed by atoms with Crippen molar-refractivity contribution in [2.24, 2.45) is 0 Å². The molecule has 0 aliphatic carbocycles. The Bertz CT molecular complexity index is 3950. The number of hydrogen-bond acceptors (Lipinski definition) is 22. The molecule has 0 atom stereocenters. The average Bonchev–Trinajstić information content (AvgIpc) is 4.37. The molecule has 425 valence electrons. The SMILES string of the molecule is CC.CC.CS(=O)(=O)NCCNc1nc(NCCS(=O)(=O)O)nc(Nc2cc(S(=O)(=O)O)ccc2SOOO)n1.[Cu+2].c1ccc2c(c1)-c1nc-2nc2[n-]c(nc3nc(nc4[n-]c(n1)c1ccccc41)-c1ccccc1-3)c1ccccc21. The second-order valence-corrected chi connectivity index (χ2v) is 21.8. The third kappa shape index (κ3) is 15.0. The number of fused-ring (bicyclic) bond motifs is 20. The van der Waals surface area contributed by atoms with Crippen LogP contribution in [-0.4, -0.2) is 116 Å². The summed E-state index contributed by atoms with van der Waals surface area (Å²) >= 11 is 0.457. The number of nitrogens with zero attached hydrogens (tertiary/aromatic N) is 11. The minimum Gasteiger partial charge on any atom is -0.357 e. The van der Waals surface area contributed by atoms with Gasteiger partial charge < -0.3 is 45.9 Å². The molecule has 0 amide bonds. The summed E-state index contributed by atoms with van der Waals surface area (Å²) in [6.45, 7) is 7.70. The van der Waals surface area contributed by atoms with Crippen LogP contribution >= 0.6 is 12.0 Å². The number of sulfonamides is 1. The molecular formula is C50H49CuN15O11S4. The Hall–Kier alpha value is -7.65. The normalized spacial score (nSPS) is 11.6. The fraction of sp³-hybridized carbons (Fsp3) is 0.180. The maximum Gasteiger partial charge on any atom is 2.00 e. The average molecular weight is 1230 g/mol. The first kappa shape index (κ1) is 61.0. The first-order chi connectivity index (χ1) is 38.5. The molecule has 4 aromatic heterocycles. The third-order valence-electron chi connectivity index (χ3n) is 11.0. The van der Waals surface area contributed by atoms with E-state index in [1.165, 1.54) is 6.07 Å². The Morgan fingerprint density at radius 3 is 1.30 bits per heavy atom. The number of nitrogens with one attached hydrogen (secondary N) is 4. The summed E-state index contributed by atoms with van der Waals surface area (Å²) in [5.74, 6) is 1.03. The van der Waals surface area contributed by atoms with Crippen LogP contribution in [0.15, 0.2) is 125 Å². The van der Waals surface area contributed by atoms with Gasteiger partial charge in [-0.15, -0.1) is 4.33 Å². The van der Waals surface area contributed by atoms with Gasteiger partial charge in [0.1, 0.15) is 0 Å². The van der Waals surface area contributed by atoms with E-state index in [4.69, 9.17) is 49.7 Å². The molecule has 81 heavy (non-hydrogen) atoms. The van der Waals surface area contributed by atoms with E-state index >= 15 is 0 Å². The fourth-order valence-corrected chi connectivity index (χ4v) is 9.53. The van der Waals surface area contributed by atoms with Crippen molar-refractivity contribution in [3.63, 3.8) is 0 Å². The van der Waals surface area contributed by atoms with Crippen molar-refractivity contribution in [3.8, 4) is 45.6 Å². The molecule has 2 aliphatic rings. The predicted octanol–water partition coefficient (Wildman–Crippen LogP) is 7.73. The second kappa shape index (κ2) is 26.7. The summed E-state index contributed by atoms with van der Waals surface area (Å²) in [4.78, 5) is 51.0. The number of benzene rings is 5. The van der Waals surface area contributed by atoms with Crippen molar-refractivity contribution in [1.29, 1.82) is 0 Å². The Balaban J connectivity index is 0.000000219. The van der Waals surface area contributed by atoms with Gasteiger partial charge in [0.2, 0.25) is 27.9 Å². The first-order valence-electron chi connectivity index (χ1n) is 24.2. The van der Waals surface area contributed by atoms with Crippen LogP contribution < -0.4 is 30.6 Å². The molecule has 11 rings (SSSR count). The topological polar surface area (TPSA) is 374 Å². The van der Waals surface area contributed by atoms with E-state index in [1.54, 1.807) is 0 Å². The Labute approximate surface area is 478 Å². The fourth-order valence-electron chi connectivity index (χ4n) is 7.76. The first-order valence-corrected chi connectivity index (χ1v) is 29.9. The maximum atomic E-state index is 11.5. The van der Waals surface area contributed by atoms with E-state index in [0.29, 0.717) is 57.9 Å². The van der Waals surface area contributed by atoms with Gasteiger partial charge >= 0.3 is 17.1 Å². The molecule has 0 saturated heterocycles. The smallest absolute Gasteiger partial charge is 0.357 e. The third-order valence-corrected chi connectivity index (χ3v) is 14.0. The van der Waals surface area contributed by atoms with Gasteiger partial charge in [0.25, 0.3) is 20.2 Å². The minimum atomic E-state index is -4.61. The summed E-state index contributed by atoms with van der Waals surface area (Å²) < 4.78 is 92.2. The molecule has 2 aliphatic heterocycles. The molecule has 7 N–H and O–H groups in total. The Morgan fingerprint density at radius 1 is 0.519 bits per heavy atom. The van der Waals surface area contributed by atoms with Gasteiger partial charge in [-0.05, 0) is 39.7 Å². The van der Waals surface area contributed by atoms with Crippen molar-refractivity contribution in [1.82, 2.24) is 59.5 Å². The van der Waals surface area contributed by atoms with Crippen LogP contribution in [0.25, 0.3) is 89.7 Å². The van der Waals surface area contributed by atoms with Crippen LogP contribution in [0.5, 0.6) is 0 Å². The molecule has 8 bridgehead atoms. The molecule has 0 unspecified atom stereocenters. The molecule has 0 spiro atoms. The summed E-state index contributed by atoms with van der Waals surface area (Å²) in [6.07, 6.45) is 0.969. The maximum absolute atomic E-state index is 11.5. The summed E-state index contributed by atoms with van der Waals surface area (Å²) in [7, 11) is -12.3. The number of hydrogen-bond donors (Lipinski definition) is 7. The quantitative estimate of drug-likeness (QED) is 0.0129. The molecule has 6 heterocycles. The minimum absolute atomic E-state index is 0. The van der Waals surface area contributed by atoms with Crippen molar-refractivity contribution >= 4 is 110 Å². The van der Waals surface area contributed by atoms with Gasteiger partial charge in [0, 0.05) is 64.5 Å². The Kier molecular flexibility index (Phi) is 20.1. The van der Waals surface area contributed by atoms with Gasteiger partial charge in [-0.25, -0.2) is 28.4 Å². The van der Waals surface area contributed by atoms with Crippen molar-refractivity contribution in [2.75, 3.05) is 47.6 Å². The number of aromatic nitrogens is 11. The second-order valence-electron chi connectivity index (χ2n) is 16.3. The molecule has 0 fully saturated rings. The standard InChI is InChI=1S/C32H16N8.C14H21N7O11S4.2C2H6.Cu/c1-2-10-18-17(9-1)25-33-26(18)38-28-21-13-5-6-14-22(21)30(35-28)40-32-24-16-8-7-15-23(24)31(36-32)39-29-20-12-4-3-11-19(20)27(34-29)37-25;1-34(23,24)17-5-4-15-12-19-13(16-6-7-35(25,26)27)21-14(20-12)18-10-8-9(36(28,29)30)2-3-11(10)33-32-31-22;2*1-2;/h1-16H;2-3,8,17,22H,4-7H2,1H3,(H,25,26,27)(H,28,29,30)(H3,15,16,18,19,20,21);2*1-2H3;/q-2;;;;+2. The van der Waals surface area contributed by atoms with E-state index in [9.17, 15) is 29.8 Å². The zero-order valence-corrected chi connectivity index (χ0v) is 47.5. The zero-order chi connectivity index (χ0) is 57.2. The van der Waals surface area contributed by atoms with Gasteiger partial charge in [-0.1, -0.05) is 130 Å². The zero-order valence-electron chi connectivity index (χ0n) is 43.3. The van der Waals surface area contributed by atoms with E-state index in [1.807, 2.05) is 125 Å². The number of anilines is 4. The van der Waals surface area contributed by atoms with Crippen LogP contribution in [0.4, 0.5) is 23.5 Å². The van der Waals surface area contributed by atoms with E-state index in [2.05, 4.69) is 45.0 Å². The van der Waals surface area contributed by atoms with Gasteiger partial charge in [-0.2, -0.15) is 31.8 Å². The molecule has 9 aromatic rings. The van der Waals surface area contributed by atoms with E-state index in [0.717, 1.165) is 62.2 Å². The summed E-state index contributed by atoms with van der Waals surface area (Å²) in [5, 5.41) is 23.4. The van der Waals surface area contributed by atoms with Gasteiger partial charge in [-0.3, -0.25) is 9.11 Å². The number of rotatable bonds is 15. The largest absolute Gasteiger partial charge is 2.00 e. The Morgan fingerprint density at radius 2 is 0.914 bits per heavy atom. The van der Waals surface area contributed by atoms with Crippen molar-refractivity contribution in [3.05, 3.63) is 115 Å². The van der Waals surface area contributed by atoms with Crippen LogP contribution in [-0.2, 0) is 56.7 Å². The molecule has 31 heteroatoms. The van der Waals surface area contributed by atoms with E-state index < -0.39 is 40.9 Å².